The molecule has 3 fully saturated rings. The molecule has 3 N–H and O–H groups in total. The normalized spacial score (nSPS) is 22.8. The number of amides is 2. The van der Waals surface area contributed by atoms with Crippen LogP contribution in [0.1, 0.15) is 71.7 Å². The first-order chi connectivity index (χ1) is 21.5. The third-order valence-electron chi connectivity index (χ3n) is 10.1. The lowest BCUT2D eigenvalue weighted by molar-refractivity contribution is -0.133. The van der Waals surface area contributed by atoms with Gasteiger partial charge >= 0.3 is 0 Å². The third kappa shape index (κ3) is 5.88. The molecular weight excluding hydrogens is 548 g/mol. The number of hydrogen-bond donors (Lipinski definition) is 3. The van der Waals surface area contributed by atoms with E-state index in [1.165, 1.54) is 11.1 Å². The van der Waals surface area contributed by atoms with Gasteiger partial charge in [0.25, 0.3) is 5.91 Å². The number of likely N-dealkylation sites (tertiary alicyclic amines) is 1. The Balaban J connectivity index is 1.03. The fourth-order valence-corrected chi connectivity index (χ4v) is 7.68. The summed E-state index contributed by atoms with van der Waals surface area (Å²) in [5.74, 6) is 0.813. The lowest BCUT2D eigenvalue weighted by Crippen LogP contribution is -2.55. The van der Waals surface area contributed by atoms with Crippen molar-refractivity contribution in [3.05, 3.63) is 95.2 Å². The summed E-state index contributed by atoms with van der Waals surface area (Å²) in [6.45, 7) is 6.04. The van der Waals surface area contributed by atoms with Crippen molar-refractivity contribution in [3.63, 3.8) is 0 Å². The molecule has 3 heterocycles. The Hall–Kier alpha value is -4.01. The van der Waals surface area contributed by atoms with Crippen LogP contribution in [0, 0.1) is 24.7 Å². The van der Waals surface area contributed by atoms with Gasteiger partial charge in [0.2, 0.25) is 5.91 Å². The number of nitrogens with one attached hydrogen (secondary N) is 3. The van der Waals surface area contributed by atoms with E-state index in [1.54, 1.807) is 0 Å². The van der Waals surface area contributed by atoms with Crippen molar-refractivity contribution < 1.29 is 9.59 Å². The SMILES string of the molecule is Cc1cc(NC(=O)c2nn(CC3CCN(Cc4ccccc4)CC3)c3ccccc23)ccc1C1NNC(=O)C2CCCCC21. The van der Waals surface area contributed by atoms with Gasteiger partial charge in [-0.25, -0.2) is 5.43 Å². The lowest BCUT2D eigenvalue weighted by Gasteiger charge is -2.41. The summed E-state index contributed by atoms with van der Waals surface area (Å²) in [6.07, 6.45) is 6.52. The average Bonchev–Trinajstić information content (AvgIpc) is 3.42. The second-order valence-corrected chi connectivity index (χ2v) is 12.9. The van der Waals surface area contributed by atoms with Gasteiger partial charge in [0, 0.05) is 30.1 Å². The minimum absolute atomic E-state index is 0.0685. The summed E-state index contributed by atoms with van der Waals surface area (Å²) in [4.78, 5) is 28.6. The van der Waals surface area contributed by atoms with Crippen LogP contribution in [0.5, 0.6) is 0 Å². The number of piperidine rings is 1. The monoisotopic (exact) mass is 590 g/mol. The second kappa shape index (κ2) is 12.5. The van der Waals surface area contributed by atoms with E-state index >= 15 is 0 Å². The molecular formula is C36H42N6O2. The van der Waals surface area contributed by atoms with Gasteiger partial charge in [0.1, 0.15) is 0 Å². The van der Waals surface area contributed by atoms with E-state index in [1.807, 2.05) is 35.0 Å². The molecule has 1 aromatic heterocycles. The molecule has 2 amide bonds. The van der Waals surface area contributed by atoms with Gasteiger partial charge in [-0.2, -0.15) is 5.10 Å². The van der Waals surface area contributed by atoms with Crippen LogP contribution in [0.4, 0.5) is 5.69 Å². The molecule has 8 nitrogen and oxygen atoms in total. The van der Waals surface area contributed by atoms with Crippen LogP contribution in [0.25, 0.3) is 10.9 Å². The highest BCUT2D eigenvalue weighted by atomic mass is 16.2. The Bertz CT molecular complexity index is 1640. The Morgan fingerprint density at radius 2 is 1.73 bits per heavy atom. The number of carbonyl (C=O) groups is 2. The Morgan fingerprint density at radius 1 is 0.955 bits per heavy atom. The minimum atomic E-state index is -0.194. The number of benzene rings is 3. The highest BCUT2D eigenvalue weighted by Crippen LogP contribution is 2.41. The summed E-state index contributed by atoms with van der Waals surface area (Å²) >= 11 is 0. The van der Waals surface area contributed by atoms with Crippen molar-refractivity contribution in [3.8, 4) is 0 Å². The van der Waals surface area contributed by atoms with Crippen molar-refractivity contribution in [1.29, 1.82) is 0 Å². The standard InChI is InChI=1S/C36H42N6O2/c1-24-21-27(15-16-28(24)33-29-11-5-6-12-30(29)35(43)39-38-33)37-36(44)34-31-13-7-8-14-32(31)42(40-34)23-26-17-19-41(20-18-26)22-25-9-3-2-4-10-25/h2-4,7-10,13-16,21,26,29-30,33,38H,5-6,11-12,17-20,22-23H2,1H3,(H,37,44)(H,39,43). The average molecular weight is 591 g/mol. The van der Waals surface area contributed by atoms with Crippen LogP contribution in [-0.2, 0) is 17.9 Å². The fourth-order valence-electron chi connectivity index (χ4n) is 7.68. The Morgan fingerprint density at radius 3 is 2.55 bits per heavy atom. The largest absolute Gasteiger partial charge is 0.321 e. The number of nitrogens with zero attached hydrogens (tertiary/aromatic N) is 3. The number of para-hydroxylation sites is 1. The zero-order chi connectivity index (χ0) is 30.0. The number of fused-ring (bicyclic) bond motifs is 2. The van der Waals surface area contributed by atoms with Crippen molar-refractivity contribution in [2.45, 2.75) is 64.6 Å². The molecule has 0 bridgehead atoms. The van der Waals surface area contributed by atoms with Gasteiger partial charge in [0.15, 0.2) is 5.69 Å². The summed E-state index contributed by atoms with van der Waals surface area (Å²) < 4.78 is 2.04. The van der Waals surface area contributed by atoms with E-state index in [9.17, 15) is 9.59 Å². The molecule has 3 atom stereocenters. The van der Waals surface area contributed by atoms with Crippen LogP contribution in [0.2, 0.25) is 0 Å². The highest BCUT2D eigenvalue weighted by Gasteiger charge is 2.41. The molecule has 2 aliphatic heterocycles. The van der Waals surface area contributed by atoms with Crippen molar-refractivity contribution in [2.24, 2.45) is 17.8 Å². The molecule has 0 spiro atoms. The van der Waals surface area contributed by atoms with E-state index in [-0.39, 0.29) is 23.8 Å². The number of aryl methyl sites for hydroxylation is 1. The fraction of sp³-hybridized carbons (Fsp3) is 0.417. The van der Waals surface area contributed by atoms with Gasteiger partial charge in [-0.05, 0) is 92.4 Å². The number of carbonyl (C=O) groups excluding carboxylic acids is 2. The first-order valence-electron chi connectivity index (χ1n) is 16.2. The maximum atomic E-state index is 13.6. The summed E-state index contributed by atoms with van der Waals surface area (Å²) in [5, 5.41) is 8.87. The molecule has 228 valence electrons. The maximum Gasteiger partial charge on any atom is 0.276 e. The number of hydrogen-bond acceptors (Lipinski definition) is 5. The van der Waals surface area contributed by atoms with Crippen LogP contribution in [-0.4, -0.2) is 39.6 Å². The zero-order valence-electron chi connectivity index (χ0n) is 25.5. The summed E-state index contributed by atoms with van der Waals surface area (Å²) in [5.41, 5.74) is 12.0. The smallest absolute Gasteiger partial charge is 0.276 e. The molecule has 7 rings (SSSR count). The number of hydrazine groups is 1. The van der Waals surface area contributed by atoms with Crippen molar-refractivity contribution in [2.75, 3.05) is 18.4 Å². The minimum Gasteiger partial charge on any atom is -0.321 e. The first kappa shape index (κ1) is 28.7. The van der Waals surface area contributed by atoms with E-state index in [2.05, 4.69) is 70.5 Å². The van der Waals surface area contributed by atoms with Gasteiger partial charge in [0.05, 0.1) is 11.6 Å². The summed E-state index contributed by atoms with van der Waals surface area (Å²) in [6, 6.07) is 24.9. The van der Waals surface area contributed by atoms with Gasteiger partial charge in [-0.3, -0.25) is 24.6 Å². The molecule has 8 heteroatoms. The maximum absolute atomic E-state index is 13.6. The zero-order valence-corrected chi connectivity index (χ0v) is 25.5. The Kier molecular flexibility index (Phi) is 8.19. The summed E-state index contributed by atoms with van der Waals surface area (Å²) in [7, 11) is 0. The molecule has 3 unspecified atom stereocenters. The molecule has 44 heavy (non-hydrogen) atoms. The molecule has 3 aromatic carbocycles. The van der Waals surface area contributed by atoms with E-state index < -0.39 is 0 Å². The van der Waals surface area contributed by atoms with E-state index in [0.717, 1.165) is 86.9 Å². The Labute approximate surface area is 259 Å². The van der Waals surface area contributed by atoms with Crippen LogP contribution in [0.3, 0.4) is 0 Å². The van der Waals surface area contributed by atoms with E-state index in [0.29, 0.717) is 17.5 Å². The highest BCUT2D eigenvalue weighted by molar-refractivity contribution is 6.11. The number of anilines is 1. The molecule has 1 saturated carbocycles. The van der Waals surface area contributed by atoms with Crippen LogP contribution < -0.4 is 16.2 Å². The third-order valence-corrected chi connectivity index (χ3v) is 10.1. The molecule has 3 aliphatic rings. The van der Waals surface area contributed by atoms with Crippen molar-refractivity contribution in [1.82, 2.24) is 25.5 Å². The van der Waals surface area contributed by atoms with Crippen LogP contribution in [0.15, 0.2) is 72.8 Å². The molecule has 2 saturated heterocycles. The molecule has 4 aromatic rings. The predicted octanol–water partition coefficient (Wildman–Crippen LogP) is 5.99. The van der Waals surface area contributed by atoms with Crippen LogP contribution >= 0.6 is 0 Å². The quantitative estimate of drug-likeness (QED) is 0.246. The molecule has 1 aliphatic carbocycles. The van der Waals surface area contributed by atoms with Gasteiger partial charge < -0.3 is 5.32 Å². The topological polar surface area (TPSA) is 91.3 Å². The second-order valence-electron chi connectivity index (χ2n) is 12.9. The van der Waals surface area contributed by atoms with Gasteiger partial charge in [-0.1, -0.05) is 67.4 Å². The lowest BCUT2D eigenvalue weighted by atomic mass is 9.71. The van der Waals surface area contributed by atoms with Crippen molar-refractivity contribution >= 4 is 28.4 Å². The number of rotatable bonds is 7. The predicted molar refractivity (Wildman–Crippen MR) is 173 cm³/mol. The number of aromatic nitrogens is 2. The van der Waals surface area contributed by atoms with E-state index in [4.69, 9.17) is 5.10 Å². The van der Waals surface area contributed by atoms with Gasteiger partial charge in [-0.15, -0.1) is 0 Å². The first-order valence-corrected chi connectivity index (χ1v) is 16.2. The molecule has 0 radical (unpaired) electrons.